The quantitative estimate of drug-likeness (QED) is 0.643. The molecular formula is C22H30N4O2. The van der Waals surface area contributed by atoms with Crippen molar-refractivity contribution in [3.05, 3.63) is 42.4 Å². The van der Waals surface area contributed by atoms with Gasteiger partial charge < -0.3 is 19.3 Å². The Balaban J connectivity index is 1.62. The van der Waals surface area contributed by atoms with Gasteiger partial charge in [0.2, 0.25) is 0 Å². The highest BCUT2D eigenvalue weighted by atomic mass is 16.5. The van der Waals surface area contributed by atoms with E-state index in [1.165, 1.54) is 12.8 Å². The van der Waals surface area contributed by atoms with Crippen molar-refractivity contribution in [3.63, 3.8) is 0 Å². The lowest BCUT2D eigenvalue weighted by Gasteiger charge is -2.36. The molecule has 0 bridgehead atoms. The van der Waals surface area contributed by atoms with Gasteiger partial charge in [-0.2, -0.15) is 0 Å². The number of nitrogens with zero attached hydrogens (tertiary/aromatic N) is 4. The van der Waals surface area contributed by atoms with Crippen molar-refractivity contribution in [1.29, 1.82) is 0 Å². The molecule has 0 saturated carbocycles. The van der Waals surface area contributed by atoms with E-state index in [-0.39, 0.29) is 0 Å². The standard InChI is InChI=1S/C22H30N4O2/c1-4-5-6-7-8-18-16-23-17-22(24-18)26-13-11-25(12-14-26)19-9-10-20(27-2)21(15-19)28-3/h7-10,15-17H,4-6,11-14H2,1-3H3/b8-7+. The van der Waals surface area contributed by atoms with Crippen molar-refractivity contribution in [2.75, 3.05) is 50.2 Å². The number of anilines is 2. The van der Waals surface area contributed by atoms with Crippen LogP contribution < -0.4 is 19.3 Å². The number of aromatic nitrogens is 2. The topological polar surface area (TPSA) is 50.7 Å². The monoisotopic (exact) mass is 382 g/mol. The van der Waals surface area contributed by atoms with E-state index in [2.05, 4.69) is 39.9 Å². The SMILES string of the molecule is CCCC/C=C/c1cncc(N2CCN(c3ccc(OC)c(OC)c3)CC2)n1. The Morgan fingerprint density at radius 1 is 1.00 bits per heavy atom. The minimum atomic E-state index is 0.754. The first-order chi connectivity index (χ1) is 13.7. The molecular weight excluding hydrogens is 352 g/mol. The van der Waals surface area contributed by atoms with Gasteiger partial charge in [0, 0.05) is 37.9 Å². The molecule has 28 heavy (non-hydrogen) atoms. The van der Waals surface area contributed by atoms with Gasteiger partial charge in [-0.3, -0.25) is 4.98 Å². The van der Waals surface area contributed by atoms with Gasteiger partial charge >= 0.3 is 0 Å². The van der Waals surface area contributed by atoms with E-state index in [0.29, 0.717) is 0 Å². The van der Waals surface area contributed by atoms with Crippen molar-refractivity contribution >= 4 is 17.6 Å². The first kappa shape index (κ1) is 20.0. The second kappa shape index (κ2) is 9.97. The first-order valence-corrected chi connectivity index (χ1v) is 9.95. The van der Waals surface area contributed by atoms with E-state index in [0.717, 1.165) is 61.3 Å². The van der Waals surface area contributed by atoms with Crippen LogP contribution in [-0.4, -0.2) is 50.4 Å². The van der Waals surface area contributed by atoms with E-state index < -0.39 is 0 Å². The smallest absolute Gasteiger partial charge is 0.162 e. The molecule has 0 atom stereocenters. The van der Waals surface area contributed by atoms with Crippen LogP contribution in [0.3, 0.4) is 0 Å². The minimum Gasteiger partial charge on any atom is -0.493 e. The lowest BCUT2D eigenvalue weighted by molar-refractivity contribution is 0.355. The largest absolute Gasteiger partial charge is 0.493 e. The first-order valence-electron chi connectivity index (χ1n) is 9.95. The van der Waals surface area contributed by atoms with Crippen LogP contribution in [0.1, 0.15) is 31.9 Å². The third-order valence-electron chi connectivity index (χ3n) is 4.99. The maximum atomic E-state index is 5.43. The molecule has 1 aromatic carbocycles. The molecule has 1 fully saturated rings. The van der Waals surface area contributed by atoms with Gasteiger partial charge in [0.25, 0.3) is 0 Å². The fourth-order valence-corrected chi connectivity index (χ4v) is 3.34. The average Bonchev–Trinajstić information content (AvgIpc) is 2.76. The van der Waals surface area contributed by atoms with Crippen LogP contribution in [0.4, 0.5) is 11.5 Å². The fraction of sp³-hybridized carbons (Fsp3) is 0.455. The molecule has 1 saturated heterocycles. The Kier molecular flexibility index (Phi) is 7.12. The zero-order valence-corrected chi connectivity index (χ0v) is 17.1. The highest BCUT2D eigenvalue weighted by Crippen LogP contribution is 2.32. The molecule has 6 nitrogen and oxygen atoms in total. The summed E-state index contributed by atoms with van der Waals surface area (Å²) >= 11 is 0. The number of benzene rings is 1. The lowest BCUT2D eigenvalue weighted by Crippen LogP contribution is -2.46. The van der Waals surface area contributed by atoms with Gasteiger partial charge in [-0.15, -0.1) is 0 Å². The molecule has 1 aliphatic rings. The second-order valence-electron chi connectivity index (χ2n) is 6.86. The molecule has 3 rings (SSSR count). The molecule has 1 aromatic heterocycles. The number of rotatable bonds is 8. The Morgan fingerprint density at radius 2 is 1.75 bits per heavy atom. The predicted octanol–water partition coefficient (Wildman–Crippen LogP) is 4.02. The molecule has 6 heteroatoms. The van der Waals surface area contributed by atoms with Gasteiger partial charge in [0.15, 0.2) is 11.5 Å². The molecule has 1 aliphatic heterocycles. The normalized spacial score (nSPS) is 14.5. The van der Waals surface area contributed by atoms with E-state index in [1.807, 2.05) is 24.5 Å². The molecule has 0 amide bonds. The number of hydrogen-bond acceptors (Lipinski definition) is 6. The van der Waals surface area contributed by atoms with Crippen LogP contribution in [0, 0.1) is 0 Å². The van der Waals surface area contributed by atoms with Crippen LogP contribution in [0.2, 0.25) is 0 Å². The molecule has 150 valence electrons. The van der Waals surface area contributed by atoms with Gasteiger partial charge in [-0.1, -0.05) is 25.8 Å². The van der Waals surface area contributed by atoms with E-state index in [1.54, 1.807) is 14.2 Å². The number of ether oxygens (including phenoxy) is 2. The molecule has 0 spiro atoms. The summed E-state index contributed by atoms with van der Waals surface area (Å²) in [5.74, 6) is 2.46. The van der Waals surface area contributed by atoms with Crippen molar-refractivity contribution < 1.29 is 9.47 Å². The maximum Gasteiger partial charge on any atom is 0.162 e. The summed E-state index contributed by atoms with van der Waals surface area (Å²) in [6.07, 6.45) is 11.5. The number of unbranched alkanes of at least 4 members (excludes halogenated alkanes) is 2. The predicted molar refractivity (Wildman–Crippen MR) is 115 cm³/mol. The summed E-state index contributed by atoms with van der Waals surface area (Å²) in [4.78, 5) is 13.8. The van der Waals surface area contributed by atoms with Crippen LogP contribution in [0.15, 0.2) is 36.7 Å². The third kappa shape index (κ3) is 4.94. The lowest BCUT2D eigenvalue weighted by atomic mass is 10.2. The van der Waals surface area contributed by atoms with Gasteiger partial charge in [-0.25, -0.2) is 4.98 Å². The minimum absolute atomic E-state index is 0.754. The van der Waals surface area contributed by atoms with Crippen LogP contribution in [-0.2, 0) is 0 Å². The highest BCUT2D eigenvalue weighted by Gasteiger charge is 2.19. The summed E-state index contributed by atoms with van der Waals surface area (Å²) in [6.45, 7) is 5.87. The summed E-state index contributed by atoms with van der Waals surface area (Å²) in [5.41, 5.74) is 2.08. The number of methoxy groups -OCH3 is 2. The zero-order chi connectivity index (χ0) is 19.8. The third-order valence-corrected chi connectivity index (χ3v) is 4.99. The summed E-state index contributed by atoms with van der Waals surface area (Å²) in [5, 5.41) is 0. The Bertz CT molecular complexity index is 786. The molecule has 2 heterocycles. The summed E-state index contributed by atoms with van der Waals surface area (Å²) in [6, 6.07) is 6.08. The Labute approximate surface area is 167 Å². The molecule has 0 radical (unpaired) electrons. The summed E-state index contributed by atoms with van der Waals surface area (Å²) in [7, 11) is 3.33. The van der Waals surface area contributed by atoms with Crippen LogP contribution in [0.25, 0.3) is 6.08 Å². The Hall–Kier alpha value is -2.76. The van der Waals surface area contributed by atoms with Crippen molar-refractivity contribution in [2.45, 2.75) is 26.2 Å². The zero-order valence-electron chi connectivity index (χ0n) is 17.1. The van der Waals surface area contributed by atoms with Gasteiger partial charge in [0.05, 0.1) is 32.3 Å². The van der Waals surface area contributed by atoms with E-state index >= 15 is 0 Å². The van der Waals surface area contributed by atoms with E-state index in [9.17, 15) is 0 Å². The number of hydrogen-bond donors (Lipinski definition) is 0. The fourth-order valence-electron chi connectivity index (χ4n) is 3.34. The second-order valence-corrected chi connectivity index (χ2v) is 6.86. The molecule has 0 N–H and O–H groups in total. The average molecular weight is 383 g/mol. The molecule has 0 unspecified atom stereocenters. The van der Waals surface area contributed by atoms with Crippen molar-refractivity contribution in [3.8, 4) is 11.5 Å². The molecule has 0 aliphatic carbocycles. The maximum absolute atomic E-state index is 5.43. The number of piperazine rings is 1. The summed E-state index contributed by atoms with van der Waals surface area (Å²) < 4.78 is 10.8. The Morgan fingerprint density at radius 3 is 2.46 bits per heavy atom. The van der Waals surface area contributed by atoms with Crippen molar-refractivity contribution in [1.82, 2.24) is 9.97 Å². The molecule has 2 aromatic rings. The number of allylic oxidation sites excluding steroid dienone is 1. The van der Waals surface area contributed by atoms with E-state index in [4.69, 9.17) is 14.5 Å². The van der Waals surface area contributed by atoms with Gasteiger partial charge in [0.1, 0.15) is 5.82 Å². The van der Waals surface area contributed by atoms with Gasteiger partial charge in [-0.05, 0) is 24.6 Å². The van der Waals surface area contributed by atoms with Crippen LogP contribution in [0.5, 0.6) is 11.5 Å². The van der Waals surface area contributed by atoms with Crippen LogP contribution >= 0.6 is 0 Å². The highest BCUT2D eigenvalue weighted by molar-refractivity contribution is 5.57. The van der Waals surface area contributed by atoms with Crippen molar-refractivity contribution in [2.24, 2.45) is 0 Å².